The first-order valence-electron chi connectivity index (χ1n) is 9.36. The van der Waals surface area contributed by atoms with Crippen LogP contribution in [0.25, 0.3) is 43.1 Å². The van der Waals surface area contributed by atoms with Crippen LogP contribution in [0.15, 0.2) is 58.3 Å². The van der Waals surface area contributed by atoms with Gasteiger partial charge in [0.25, 0.3) is 5.56 Å². The number of rotatable bonds is 2. The molecule has 0 amide bonds. The van der Waals surface area contributed by atoms with E-state index in [9.17, 15) is 9.59 Å². The van der Waals surface area contributed by atoms with Gasteiger partial charge in [-0.2, -0.15) is 0 Å². The highest BCUT2D eigenvalue weighted by Crippen LogP contribution is 2.41. The van der Waals surface area contributed by atoms with Gasteiger partial charge in [0.1, 0.15) is 16.0 Å². The lowest BCUT2D eigenvalue weighted by atomic mass is 9.99. The van der Waals surface area contributed by atoms with Gasteiger partial charge in [-0.1, -0.05) is 24.3 Å². The highest BCUT2D eigenvalue weighted by Gasteiger charge is 2.29. The molecule has 0 saturated heterocycles. The molecule has 0 radical (unpaired) electrons. The van der Waals surface area contributed by atoms with Crippen LogP contribution in [-0.4, -0.2) is 13.9 Å². The first-order valence-corrected chi connectivity index (χ1v) is 10.2. The molecule has 1 aliphatic rings. The molecule has 1 N–H and O–H groups in total. The summed E-state index contributed by atoms with van der Waals surface area (Å²) < 4.78 is 19.9. The number of aromatic amines is 1. The molecule has 0 unspecified atom stereocenters. The predicted molar refractivity (Wildman–Crippen MR) is 113 cm³/mol. The molecular weight excluding hydrogens is 389 g/mol. The number of benzene rings is 2. The second kappa shape index (κ2) is 5.84. The molecule has 1 fully saturated rings. The number of nitrogens with one attached hydrogen (secondary N) is 1. The lowest BCUT2D eigenvalue weighted by molar-refractivity contribution is 0.632. The monoisotopic (exact) mass is 403 g/mol. The lowest BCUT2D eigenvalue weighted by Crippen LogP contribution is -2.15. The van der Waals surface area contributed by atoms with E-state index in [2.05, 4.69) is 9.36 Å². The van der Waals surface area contributed by atoms with E-state index in [0.717, 1.165) is 18.2 Å². The van der Waals surface area contributed by atoms with Crippen molar-refractivity contribution < 1.29 is 4.39 Å². The standard InChI is InChI=1S/C22H14FN3O2S/c23-16-9-15-17(10-14(16)13-5-1-3-11-4-2-8-24-19(11)13)26(12-6-7-12)22-18(20(15)27)21(28)25-29-22/h1-5,8-10,12H,6-7H2,(H,25,28). The van der Waals surface area contributed by atoms with Gasteiger partial charge in [-0.3, -0.25) is 18.9 Å². The summed E-state index contributed by atoms with van der Waals surface area (Å²) in [7, 11) is 0. The van der Waals surface area contributed by atoms with Gasteiger partial charge in [0, 0.05) is 34.1 Å². The molecule has 5 nitrogen and oxygen atoms in total. The molecule has 3 heterocycles. The largest absolute Gasteiger partial charge is 0.328 e. The average molecular weight is 403 g/mol. The van der Waals surface area contributed by atoms with Crippen LogP contribution in [0.4, 0.5) is 4.39 Å². The van der Waals surface area contributed by atoms with E-state index >= 15 is 4.39 Å². The summed E-state index contributed by atoms with van der Waals surface area (Å²) in [4.78, 5) is 30.2. The third-order valence-corrected chi connectivity index (χ3v) is 6.43. The van der Waals surface area contributed by atoms with Crippen LogP contribution in [-0.2, 0) is 0 Å². The van der Waals surface area contributed by atoms with E-state index in [1.165, 1.54) is 17.6 Å². The second-order valence-corrected chi connectivity index (χ2v) is 8.17. The summed E-state index contributed by atoms with van der Waals surface area (Å²) >= 11 is 1.17. The highest BCUT2D eigenvalue weighted by atomic mass is 32.1. The van der Waals surface area contributed by atoms with Gasteiger partial charge in [-0.05, 0) is 42.6 Å². The van der Waals surface area contributed by atoms with Crippen LogP contribution in [0.2, 0.25) is 0 Å². The van der Waals surface area contributed by atoms with Crippen molar-refractivity contribution in [2.45, 2.75) is 18.9 Å². The van der Waals surface area contributed by atoms with Crippen molar-refractivity contribution in [2.75, 3.05) is 0 Å². The fourth-order valence-electron chi connectivity index (χ4n) is 4.07. The number of nitrogens with zero attached hydrogens (tertiary/aromatic N) is 2. The molecule has 0 spiro atoms. The Hall–Kier alpha value is -3.32. The van der Waals surface area contributed by atoms with Crippen LogP contribution in [0.3, 0.4) is 0 Å². The van der Waals surface area contributed by atoms with E-state index in [1.807, 2.05) is 34.9 Å². The fourth-order valence-corrected chi connectivity index (χ4v) is 5.00. The third kappa shape index (κ3) is 2.34. The van der Waals surface area contributed by atoms with E-state index in [1.54, 1.807) is 12.3 Å². The fraction of sp³-hybridized carbons (Fsp3) is 0.136. The summed E-state index contributed by atoms with van der Waals surface area (Å²) in [6, 6.07) is 12.7. The average Bonchev–Trinajstić information content (AvgIpc) is 3.50. The van der Waals surface area contributed by atoms with Crippen LogP contribution in [0.5, 0.6) is 0 Å². The number of H-pyrrole nitrogens is 1. The van der Waals surface area contributed by atoms with Crippen LogP contribution in [0.1, 0.15) is 18.9 Å². The Kier molecular flexibility index (Phi) is 3.35. The van der Waals surface area contributed by atoms with Crippen LogP contribution < -0.4 is 11.0 Å². The summed E-state index contributed by atoms with van der Waals surface area (Å²) in [6.07, 6.45) is 3.63. The minimum atomic E-state index is -0.499. The normalized spacial score (nSPS) is 14.2. The molecule has 1 saturated carbocycles. The van der Waals surface area contributed by atoms with Gasteiger partial charge >= 0.3 is 0 Å². The van der Waals surface area contributed by atoms with Crippen molar-refractivity contribution in [3.05, 3.63) is 75.1 Å². The summed E-state index contributed by atoms with van der Waals surface area (Å²) in [5.41, 5.74) is 1.62. The number of pyridine rings is 2. The van der Waals surface area contributed by atoms with Crippen molar-refractivity contribution in [1.82, 2.24) is 13.9 Å². The minimum absolute atomic E-state index is 0.119. The quantitative estimate of drug-likeness (QED) is 0.469. The molecule has 3 aromatic heterocycles. The Balaban J connectivity index is 1.77. The minimum Gasteiger partial charge on any atom is -0.328 e. The van der Waals surface area contributed by atoms with E-state index in [0.29, 0.717) is 27.0 Å². The van der Waals surface area contributed by atoms with Crippen molar-refractivity contribution in [2.24, 2.45) is 0 Å². The topological polar surface area (TPSA) is 67.8 Å². The van der Waals surface area contributed by atoms with Gasteiger partial charge in [0.2, 0.25) is 5.43 Å². The molecule has 2 aromatic carbocycles. The van der Waals surface area contributed by atoms with Gasteiger partial charge in [-0.25, -0.2) is 4.39 Å². The molecule has 29 heavy (non-hydrogen) atoms. The summed E-state index contributed by atoms with van der Waals surface area (Å²) in [5, 5.41) is 1.28. The molecule has 0 bridgehead atoms. The van der Waals surface area contributed by atoms with E-state index in [-0.39, 0.29) is 16.8 Å². The maximum atomic E-state index is 15.2. The van der Waals surface area contributed by atoms with E-state index in [4.69, 9.17) is 0 Å². The van der Waals surface area contributed by atoms with Crippen molar-refractivity contribution >= 4 is 43.6 Å². The first kappa shape index (κ1) is 16.6. The summed E-state index contributed by atoms with van der Waals surface area (Å²) in [6.45, 7) is 0. The molecular formula is C22H14FN3O2S. The Labute approximate surface area is 167 Å². The van der Waals surface area contributed by atoms with Gasteiger partial charge in [0.15, 0.2) is 0 Å². The molecule has 142 valence electrons. The number of para-hydroxylation sites is 1. The maximum absolute atomic E-state index is 15.2. The number of hydrogen-bond acceptors (Lipinski definition) is 4. The Morgan fingerprint density at radius 1 is 1.10 bits per heavy atom. The van der Waals surface area contributed by atoms with Gasteiger partial charge < -0.3 is 4.57 Å². The third-order valence-electron chi connectivity index (χ3n) is 5.55. The zero-order chi connectivity index (χ0) is 19.7. The van der Waals surface area contributed by atoms with Gasteiger partial charge in [0.05, 0.1) is 11.0 Å². The summed E-state index contributed by atoms with van der Waals surface area (Å²) in [5.74, 6) is -0.499. The molecule has 0 aliphatic heterocycles. The number of hydrogen-bond donors (Lipinski definition) is 1. The number of aromatic nitrogens is 3. The number of halogens is 1. The maximum Gasteiger partial charge on any atom is 0.271 e. The van der Waals surface area contributed by atoms with Crippen molar-refractivity contribution in [3.8, 4) is 11.1 Å². The van der Waals surface area contributed by atoms with E-state index < -0.39 is 16.8 Å². The number of fused-ring (bicyclic) bond motifs is 3. The van der Waals surface area contributed by atoms with Crippen LogP contribution >= 0.6 is 11.5 Å². The van der Waals surface area contributed by atoms with Crippen molar-refractivity contribution in [1.29, 1.82) is 0 Å². The molecule has 0 atom stereocenters. The van der Waals surface area contributed by atoms with Crippen LogP contribution in [0, 0.1) is 5.82 Å². The lowest BCUT2D eigenvalue weighted by Gasteiger charge is -2.14. The smallest absolute Gasteiger partial charge is 0.271 e. The Morgan fingerprint density at radius 3 is 2.76 bits per heavy atom. The first-order chi connectivity index (χ1) is 14.1. The second-order valence-electron chi connectivity index (χ2n) is 7.37. The Morgan fingerprint density at radius 2 is 1.93 bits per heavy atom. The van der Waals surface area contributed by atoms with Gasteiger partial charge in [-0.15, -0.1) is 0 Å². The molecule has 6 rings (SSSR count). The Bertz CT molecular complexity index is 1570. The molecule has 7 heteroatoms. The molecule has 1 aliphatic carbocycles. The molecule has 5 aromatic rings. The highest BCUT2D eigenvalue weighted by molar-refractivity contribution is 7.12. The van der Waals surface area contributed by atoms with Crippen molar-refractivity contribution in [3.63, 3.8) is 0 Å². The SMILES string of the molecule is O=c1[nH]sc2c1c(=O)c1cc(F)c(-c3cccc4cccnc34)cc1n2C1CC1. The zero-order valence-corrected chi connectivity index (χ0v) is 15.9. The predicted octanol–water partition coefficient (Wildman–Crippen LogP) is 4.59. The zero-order valence-electron chi connectivity index (χ0n) is 15.1.